The van der Waals surface area contributed by atoms with Crippen molar-refractivity contribution in [3.05, 3.63) is 29.6 Å². The van der Waals surface area contributed by atoms with Crippen LogP contribution < -0.4 is 0 Å². The van der Waals surface area contributed by atoms with E-state index >= 15 is 0 Å². The summed E-state index contributed by atoms with van der Waals surface area (Å²) >= 11 is 5.60. The van der Waals surface area contributed by atoms with Gasteiger partial charge in [-0.15, -0.1) is 11.6 Å². The van der Waals surface area contributed by atoms with Crippen LogP contribution in [0.1, 0.15) is 17.9 Å². The zero-order valence-electron chi connectivity index (χ0n) is 6.92. The maximum Gasteiger partial charge on any atom is 0.152 e. The van der Waals surface area contributed by atoms with E-state index in [0.717, 1.165) is 6.07 Å². The van der Waals surface area contributed by atoms with Crippen molar-refractivity contribution in [1.29, 1.82) is 0 Å². The first-order chi connectivity index (χ1) is 6.04. The molecule has 70 valence electrons. The predicted molar refractivity (Wildman–Crippen MR) is 47.3 cm³/mol. The molecule has 1 rings (SSSR count). The molecule has 1 aromatic carbocycles. The lowest BCUT2D eigenvalue weighted by molar-refractivity contribution is -0.116. The lowest BCUT2D eigenvalue weighted by Gasteiger charge is -2.08. The Hall–Kier alpha value is -1.09. The molecule has 0 aliphatic carbocycles. The van der Waals surface area contributed by atoms with Gasteiger partial charge in [-0.2, -0.15) is 0 Å². The number of hydrogen-bond acceptors (Lipinski definition) is 2. The standard InChI is InChI=1S/C9H8ClFO2/c1-5(12)9(10)8-6(11)3-2-4-7(8)13/h2-4,9,13H,1H3. The molecule has 0 amide bonds. The minimum Gasteiger partial charge on any atom is -0.507 e. The number of halogens is 2. The van der Waals surface area contributed by atoms with Crippen LogP contribution in [0.25, 0.3) is 0 Å². The third-order valence-electron chi connectivity index (χ3n) is 1.64. The zero-order valence-corrected chi connectivity index (χ0v) is 7.68. The van der Waals surface area contributed by atoms with Crippen LogP contribution in [-0.4, -0.2) is 10.9 Å². The average Bonchev–Trinajstić information content (AvgIpc) is 2.03. The number of carbonyl (C=O) groups is 1. The predicted octanol–water partition coefficient (Wildman–Crippen LogP) is 2.40. The van der Waals surface area contributed by atoms with E-state index in [4.69, 9.17) is 11.6 Å². The van der Waals surface area contributed by atoms with Crippen LogP contribution in [0, 0.1) is 5.82 Å². The largest absolute Gasteiger partial charge is 0.507 e. The Kier molecular flexibility index (Phi) is 2.88. The van der Waals surface area contributed by atoms with Crippen LogP contribution in [-0.2, 0) is 4.79 Å². The molecule has 0 saturated carbocycles. The Morgan fingerprint density at radius 1 is 1.62 bits per heavy atom. The van der Waals surface area contributed by atoms with Gasteiger partial charge in [0, 0.05) is 0 Å². The van der Waals surface area contributed by atoms with E-state index in [1.165, 1.54) is 19.1 Å². The molecule has 0 bridgehead atoms. The summed E-state index contributed by atoms with van der Waals surface area (Å²) in [6.45, 7) is 1.24. The van der Waals surface area contributed by atoms with Crippen molar-refractivity contribution < 1.29 is 14.3 Å². The Morgan fingerprint density at radius 3 is 2.69 bits per heavy atom. The van der Waals surface area contributed by atoms with Gasteiger partial charge in [-0.1, -0.05) is 6.07 Å². The molecule has 0 aliphatic heterocycles. The van der Waals surface area contributed by atoms with E-state index in [2.05, 4.69) is 0 Å². The molecule has 1 aromatic rings. The minimum atomic E-state index is -1.12. The average molecular weight is 203 g/mol. The van der Waals surface area contributed by atoms with Crippen molar-refractivity contribution in [2.24, 2.45) is 0 Å². The highest BCUT2D eigenvalue weighted by atomic mass is 35.5. The van der Waals surface area contributed by atoms with Gasteiger partial charge in [-0.25, -0.2) is 4.39 Å². The van der Waals surface area contributed by atoms with Crippen molar-refractivity contribution in [3.8, 4) is 5.75 Å². The molecular formula is C9H8ClFO2. The number of Topliss-reactive ketones (excluding diaryl/α,β-unsaturated/α-hetero) is 1. The van der Waals surface area contributed by atoms with Gasteiger partial charge in [0.25, 0.3) is 0 Å². The quantitative estimate of drug-likeness (QED) is 0.748. The van der Waals surface area contributed by atoms with Crippen LogP contribution in [0.5, 0.6) is 5.75 Å². The fourth-order valence-corrected chi connectivity index (χ4v) is 1.20. The van der Waals surface area contributed by atoms with Gasteiger partial charge in [0.05, 0.1) is 5.56 Å². The van der Waals surface area contributed by atoms with Gasteiger partial charge in [0.2, 0.25) is 0 Å². The van der Waals surface area contributed by atoms with Gasteiger partial charge in [-0.3, -0.25) is 4.79 Å². The van der Waals surface area contributed by atoms with Crippen molar-refractivity contribution in [1.82, 2.24) is 0 Å². The van der Waals surface area contributed by atoms with E-state index in [1.807, 2.05) is 0 Å². The molecular weight excluding hydrogens is 195 g/mol. The van der Waals surface area contributed by atoms with E-state index in [0.29, 0.717) is 0 Å². The number of aromatic hydroxyl groups is 1. The first kappa shape index (κ1) is 9.99. The van der Waals surface area contributed by atoms with Crippen LogP contribution in [0.4, 0.5) is 4.39 Å². The third kappa shape index (κ3) is 1.98. The molecule has 0 heterocycles. The van der Waals surface area contributed by atoms with Crippen LogP contribution in [0.2, 0.25) is 0 Å². The second kappa shape index (κ2) is 3.75. The van der Waals surface area contributed by atoms with Gasteiger partial charge in [0.15, 0.2) is 5.78 Å². The molecule has 4 heteroatoms. The lowest BCUT2D eigenvalue weighted by atomic mass is 10.1. The molecule has 0 spiro atoms. The monoisotopic (exact) mass is 202 g/mol. The molecule has 0 aromatic heterocycles. The van der Waals surface area contributed by atoms with Crippen LogP contribution >= 0.6 is 11.6 Å². The molecule has 1 atom stereocenters. The highest BCUT2D eigenvalue weighted by molar-refractivity contribution is 6.31. The summed E-state index contributed by atoms with van der Waals surface area (Å²) in [5.74, 6) is -1.37. The van der Waals surface area contributed by atoms with Gasteiger partial charge in [-0.05, 0) is 19.1 Å². The smallest absolute Gasteiger partial charge is 0.152 e. The van der Waals surface area contributed by atoms with E-state index < -0.39 is 17.0 Å². The summed E-state index contributed by atoms with van der Waals surface area (Å²) in [6, 6.07) is 3.78. The number of hydrogen-bond donors (Lipinski definition) is 1. The maximum absolute atomic E-state index is 13.1. The first-order valence-corrected chi connectivity index (χ1v) is 4.09. The normalized spacial score (nSPS) is 12.5. The number of ketones is 1. The summed E-state index contributed by atoms with van der Waals surface area (Å²) in [6.07, 6.45) is 0. The highest BCUT2D eigenvalue weighted by Gasteiger charge is 2.20. The third-order valence-corrected chi connectivity index (χ3v) is 2.17. The van der Waals surface area contributed by atoms with E-state index in [9.17, 15) is 14.3 Å². The second-order valence-electron chi connectivity index (χ2n) is 2.65. The van der Waals surface area contributed by atoms with Crippen molar-refractivity contribution in [2.75, 3.05) is 0 Å². The van der Waals surface area contributed by atoms with E-state index in [1.54, 1.807) is 0 Å². The minimum absolute atomic E-state index is 0.156. The Bertz CT molecular complexity index is 318. The number of phenolic OH excluding ortho intramolecular Hbond substituents is 1. The molecule has 13 heavy (non-hydrogen) atoms. The summed E-state index contributed by atoms with van der Waals surface area (Å²) in [5, 5.41) is 8.11. The molecule has 1 unspecified atom stereocenters. The molecule has 0 aliphatic rings. The van der Waals surface area contributed by atoms with Crippen molar-refractivity contribution in [3.63, 3.8) is 0 Å². The first-order valence-electron chi connectivity index (χ1n) is 3.66. The SMILES string of the molecule is CC(=O)C(Cl)c1c(O)cccc1F. The summed E-state index contributed by atoms with van der Waals surface area (Å²) < 4.78 is 13.1. The molecule has 0 saturated heterocycles. The molecule has 1 N–H and O–H groups in total. The number of rotatable bonds is 2. The Balaban J connectivity index is 3.20. The number of alkyl halides is 1. The van der Waals surface area contributed by atoms with Gasteiger partial charge < -0.3 is 5.11 Å². The fourth-order valence-electron chi connectivity index (χ4n) is 0.980. The van der Waals surface area contributed by atoms with Gasteiger partial charge >= 0.3 is 0 Å². The molecule has 0 fully saturated rings. The van der Waals surface area contributed by atoms with Gasteiger partial charge in [0.1, 0.15) is 16.9 Å². The number of carbonyl (C=O) groups excluding carboxylic acids is 1. The Morgan fingerprint density at radius 2 is 2.23 bits per heavy atom. The highest BCUT2D eigenvalue weighted by Crippen LogP contribution is 2.31. The van der Waals surface area contributed by atoms with E-state index in [-0.39, 0.29) is 11.3 Å². The number of benzene rings is 1. The topological polar surface area (TPSA) is 37.3 Å². The summed E-state index contributed by atoms with van der Waals surface area (Å²) in [7, 11) is 0. The summed E-state index contributed by atoms with van der Waals surface area (Å²) in [4.78, 5) is 10.8. The number of phenols is 1. The van der Waals surface area contributed by atoms with Crippen LogP contribution in [0.15, 0.2) is 18.2 Å². The second-order valence-corrected chi connectivity index (χ2v) is 3.08. The summed E-state index contributed by atoms with van der Waals surface area (Å²) in [5.41, 5.74) is -0.156. The van der Waals surface area contributed by atoms with Crippen molar-refractivity contribution >= 4 is 17.4 Å². The van der Waals surface area contributed by atoms with Crippen LogP contribution in [0.3, 0.4) is 0 Å². The molecule has 0 radical (unpaired) electrons. The fraction of sp³-hybridized carbons (Fsp3) is 0.222. The maximum atomic E-state index is 13.1. The zero-order chi connectivity index (χ0) is 10.0. The Labute approximate surface area is 80.0 Å². The molecule has 2 nitrogen and oxygen atoms in total. The van der Waals surface area contributed by atoms with Crippen molar-refractivity contribution in [2.45, 2.75) is 12.3 Å². The lowest BCUT2D eigenvalue weighted by Crippen LogP contribution is -2.04.